The Morgan fingerprint density at radius 2 is 1.48 bits per heavy atom. The first kappa shape index (κ1) is 33.0. The van der Waals surface area contributed by atoms with E-state index in [2.05, 4.69) is 68.2 Å². The average Bonchev–Trinajstić information content (AvgIpc) is 3.01. The van der Waals surface area contributed by atoms with Crippen LogP contribution in [-0.4, -0.2) is 46.9 Å². The maximum atomic E-state index is 13.9. The van der Waals surface area contributed by atoms with Gasteiger partial charge in [0.25, 0.3) is 0 Å². The zero-order chi connectivity index (χ0) is 31.5. The molecule has 0 saturated heterocycles. The Kier molecular flexibility index (Phi) is 12.2. The van der Waals surface area contributed by atoms with Crippen LogP contribution < -0.4 is 10.1 Å². The lowest BCUT2D eigenvalue weighted by molar-refractivity contribution is 0.170. The van der Waals surface area contributed by atoms with Gasteiger partial charge in [-0.2, -0.15) is 0 Å². The third-order valence-electron chi connectivity index (χ3n) is 8.22. The number of rotatable bonds is 16. The molecule has 0 aliphatic carbocycles. The molecule has 0 radical (unpaired) electrons. The highest BCUT2D eigenvalue weighted by Crippen LogP contribution is 2.35. The summed E-state index contributed by atoms with van der Waals surface area (Å²) in [4.78, 5) is 2.50. The Bertz CT molecular complexity index is 1430. The standard InChI is InChI=1S/C38H47FN2O3/c1-27(2)41(28(3)4)23-20-34(31-9-6-5-7-10-31)35-25-30(15-18-36(35)42)21-24-44-33-16-13-29(14-17-33)19-22-40-26-32-11-8-12-37(43)38(32)39/h5-18,25,27-28,34,40,42-43H,19-24,26H2,1-4H3. The van der Waals surface area contributed by atoms with Gasteiger partial charge in [0.2, 0.25) is 0 Å². The topological polar surface area (TPSA) is 65.0 Å². The van der Waals surface area contributed by atoms with Crippen molar-refractivity contribution < 1.29 is 19.3 Å². The lowest BCUT2D eigenvalue weighted by atomic mass is 9.86. The Hall–Kier alpha value is -3.87. The van der Waals surface area contributed by atoms with Crippen molar-refractivity contribution in [3.05, 3.63) is 125 Å². The van der Waals surface area contributed by atoms with Crippen molar-refractivity contribution in [2.45, 2.75) is 71.5 Å². The van der Waals surface area contributed by atoms with Gasteiger partial charge in [-0.15, -0.1) is 0 Å². The van der Waals surface area contributed by atoms with E-state index in [0.29, 0.717) is 43.1 Å². The van der Waals surface area contributed by atoms with Gasteiger partial charge in [-0.3, -0.25) is 4.90 Å². The van der Waals surface area contributed by atoms with Crippen LogP contribution in [0.4, 0.5) is 4.39 Å². The molecule has 6 heteroatoms. The number of halogens is 1. The van der Waals surface area contributed by atoms with Crippen LogP contribution in [0.25, 0.3) is 0 Å². The summed E-state index contributed by atoms with van der Waals surface area (Å²) in [6.07, 6.45) is 2.45. The third kappa shape index (κ3) is 9.31. The van der Waals surface area contributed by atoms with Crippen molar-refractivity contribution in [1.29, 1.82) is 0 Å². The van der Waals surface area contributed by atoms with Crippen LogP contribution in [0, 0.1) is 5.82 Å². The minimum absolute atomic E-state index is 0.0953. The second-order valence-electron chi connectivity index (χ2n) is 12.0. The SMILES string of the molecule is CC(C)N(CCC(c1ccccc1)c1cc(CCOc2ccc(CCNCc3cccc(O)c3F)cc2)ccc1O)C(C)C. The smallest absolute Gasteiger partial charge is 0.169 e. The quantitative estimate of drug-likeness (QED) is 0.115. The first-order valence-electron chi connectivity index (χ1n) is 15.7. The molecule has 0 aromatic heterocycles. The predicted molar refractivity (Wildman–Crippen MR) is 177 cm³/mol. The van der Waals surface area contributed by atoms with Crippen molar-refractivity contribution in [1.82, 2.24) is 10.2 Å². The molecule has 44 heavy (non-hydrogen) atoms. The predicted octanol–water partition coefficient (Wildman–Crippen LogP) is 7.83. The summed E-state index contributed by atoms with van der Waals surface area (Å²) < 4.78 is 20.0. The number of phenolic OH excluding ortho intramolecular Hbond substituents is 2. The molecule has 0 amide bonds. The molecule has 0 bridgehead atoms. The van der Waals surface area contributed by atoms with Gasteiger partial charge in [0, 0.05) is 42.1 Å². The lowest BCUT2D eigenvalue weighted by Gasteiger charge is -2.32. The van der Waals surface area contributed by atoms with Crippen molar-refractivity contribution >= 4 is 0 Å². The summed E-state index contributed by atoms with van der Waals surface area (Å²) in [5, 5.41) is 23.7. The second-order valence-corrected chi connectivity index (χ2v) is 12.0. The van der Waals surface area contributed by atoms with E-state index in [9.17, 15) is 14.6 Å². The summed E-state index contributed by atoms with van der Waals surface area (Å²) >= 11 is 0. The van der Waals surface area contributed by atoms with E-state index >= 15 is 0 Å². The highest BCUT2D eigenvalue weighted by molar-refractivity contribution is 5.44. The first-order valence-corrected chi connectivity index (χ1v) is 15.7. The van der Waals surface area contributed by atoms with E-state index in [0.717, 1.165) is 48.2 Å². The largest absolute Gasteiger partial charge is 0.508 e. The molecule has 0 aliphatic heterocycles. The maximum Gasteiger partial charge on any atom is 0.169 e. The van der Waals surface area contributed by atoms with Crippen molar-refractivity contribution in [3.63, 3.8) is 0 Å². The molecule has 0 fully saturated rings. The fraction of sp³-hybridized carbons (Fsp3) is 0.368. The molecular weight excluding hydrogens is 551 g/mol. The molecule has 1 unspecified atom stereocenters. The molecule has 0 heterocycles. The Morgan fingerprint density at radius 3 is 2.18 bits per heavy atom. The number of hydrogen-bond acceptors (Lipinski definition) is 5. The molecular formula is C38H47FN2O3. The molecule has 4 aromatic carbocycles. The van der Waals surface area contributed by atoms with Crippen molar-refractivity contribution in [2.75, 3.05) is 19.7 Å². The molecule has 0 saturated carbocycles. The summed E-state index contributed by atoms with van der Waals surface area (Å²) in [6.45, 7) is 11.5. The fourth-order valence-electron chi connectivity index (χ4n) is 5.81. The summed E-state index contributed by atoms with van der Waals surface area (Å²) in [6, 6.07) is 30.1. The van der Waals surface area contributed by atoms with Crippen LogP contribution in [0.1, 0.15) is 67.9 Å². The number of phenols is 2. The lowest BCUT2D eigenvalue weighted by Crippen LogP contribution is -2.38. The number of benzene rings is 4. The van der Waals surface area contributed by atoms with E-state index in [4.69, 9.17) is 4.74 Å². The number of nitrogens with zero attached hydrogens (tertiary/aromatic N) is 1. The van der Waals surface area contributed by atoms with Gasteiger partial charge in [-0.1, -0.05) is 66.7 Å². The number of nitrogens with one attached hydrogen (secondary N) is 1. The molecule has 0 aliphatic rings. The van der Waals surface area contributed by atoms with Crippen LogP contribution in [0.5, 0.6) is 17.2 Å². The number of hydrogen-bond donors (Lipinski definition) is 3. The van der Waals surface area contributed by atoms with Gasteiger partial charge in [-0.05, 0) is 94.6 Å². The zero-order valence-electron chi connectivity index (χ0n) is 26.5. The molecule has 5 nitrogen and oxygen atoms in total. The summed E-state index contributed by atoms with van der Waals surface area (Å²) in [7, 11) is 0. The maximum absolute atomic E-state index is 13.9. The zero-order valence-corrected chi connectivity index (χ0v) is 26.5. The minimum atomic E-state index is -0.569. The molecule has 1 atom stereocenters. The average molecular weight is 599 g/mol. The van der Waals surface area contributed by atoms with E-state index in [1.54, 1.807) is 12.1 Å². The number of aromatic hydroxyl groups is 2. The molecule has 0 spiro atoms. The Morgan fingerprint density at radius 1 is 0.773 bits per heavy atom. The van der Waals surface area contributed by atoms with E-state index in [1.807, 2.05) is 42.5 Å². The van der Waals surface area contributed by atoms with Crippen LogP contribution in [0.3, 0.4) is 0 Å². The van der Waals surface area contributed by atoms with Crippen molar-refractivity contribution in [2.24, 2.45) is 0 Å². The van der Waals surface area contributed by atoms with Crippen molar-refractivity contribution in [3.8, 4) is 17.2 Å². The van der Waals surface area contributed by atoms with Crippen LogP contribution in [0.2, 0.25) is 0 Å². The van der Waals surface area contributed by atoms with E-state index in [-0.39, 0.29) is 11.7 Å². The van der Waals surface area contributed by atoms with Gasteiger partial charge in [0.1, 0.15) is 11.5 Å². The highest BCUT2D eigenvalue weighted by Gasteiger charge is 2.21. The van der Waals surface area contributed by atoms with Gasteiger partial charge in [0.05, 0.1) is 6.61 Å². The van der Waals surface area contributed by atoms with Gasteiger partial charge >= 0.3 is 0 Å². The van der Waals surface area contributed by atoms with Gasteiger partial charge in [0.15, 0.2) is 11.6 Å². The molecule has 234 valence electrons. The fourth-order valence-corrected chi connectivity index (χ4v) is 5.81. The summed E-state index contributed by atoms with van der Waals surface area (Å²) in [5.41, 5.74) is 4.92. The van der Waals surface area contributed by atoms with E-state index in [1.165, 1.54) is 11.6 Å². The van der Waals surface area contributed by atoms with Crippen LogP contribution in [0.15, 0.2) is 91.0 Å². The Labute approximate surface area is 262 Å². The Balaban J connectivity index is 1.32. The second kappa shape index (κ2) is 16.3. The first-order chi connectivity index (χ1) is 21.2. The molecule has 3 N–H and O–H groups in total. The van der Waals surface area contributed by atoms with E-state index < -0.39 is 5.82 Å². The van der Waals surface area contributed by atoms with Gasteiger partial charge < -0.3 is 20.3 Å². The van der Waals surface area contributed by atoms with Crippen LogP contribution >= 0.6 is 0 Å². The normalized spacial score (nSPS) is 12.3. The van der Waals surface area contributed by atoms with Gasteiger partial charge in [-0.25, -0.2) is 4.39 Å². The minimum Gasteiger partial charge on any atom is -0.508 e. The molecule has 4 aromatic rings. The molecule has 4 rings (SSSR count). The van der Waals surface area contributed by atoms with Crippen LogP contribution in [-0.2, 0) is 19.4 Å². The highest BCUT2D eigenvalue weighted by atomic mass is 19.1. The monoisotopic (exact) mass is 598 g/mol. The summed E-state index contributed by atoms with van der Waals surface area (Å²) in [5.74, 6) is 0.351. The third-order valence-corrected chi connectivity index (χ3v) is 8.22. The number of ether oxygens (including phenoxy) is 1.